The summed E-state index contributed by atoms with van der Waals surface area (Å²) in [5.74, 6) is 3.82. The number of hydrogen-bond acceptors (Lipinski definition) is 2. The molecular formula is C16H26N2O. The molecule has 4 fully saturated rings. The van der Waals surface area contributed by atoms with E-state index in [0.717, 1.165) is 30.2 Å². The molecule has 0 aromatic rings. The normalized spacial score (nSPS) is 42.7. The lowest BCUT2D eigenvalue weighted by molar-refractivity contribution is -0.129. The van der Waals surface area contributed by atoms with Gasteiger partial charge in [0, 0.05) is 6.54 Å². The number of nitrogens with one attached hydrogen (secondary N) is 1. The van der Waals surface area contributed by atoms with Crippen LogP contribution in [0.25, 0.3) is 0 Å². The maximum Gasteiger partial charge on any atom is 0.237 e. The Morgan fingerprint density at radius 1 is 1.05 bits per heavy atom. The molecule has 1 heterocycles. The van der Waals surface area contributed by atoms with Gasteiger partial charge in [-0.1, -0.05) is 19.3 Å². The van der Waals surface area contributed by atoms with Crippen LogP contribution in [-0.4, -0.2) is 30.1 Å². The van der Waals surface area contributed by atoms with E-state index in [-0.39, 0.29) is 0 Å². The summed E-state index contributed by atoms with van der Waals surface area (Å²) in [6, 6.07) is 0. The Labute approximate surface area is 116 Å². The Kier molecular flexibility index (Phi) is 3.06. The van der Waals surface area contributed by atoms with Crippen LogP contribution in [0.4, 0.5) is 0 Å². The standard InChI is InChI=1S/C16H26N2O/c19-15-9-17-16(12-3-1-2-4-12)18(15)10-14-8-11-5-6-13(14)7-11/h11-14,16-17H,1-10H2. The summed E-state index contributed by atoms with van der Waals surface area (Å²) >= 11 is 0. The molecule has 0 aromatic carbocycles. The number of fused-ring (bicyclic) bond motifs is 2. The van der Waals surface area contributed by atoms with Crippen molar-refractivity contribution in [3.63, 3.8) is 0 Å². The number of carbonyl (C=O) groups is 1. The van der Waals surface area contributed by atoms with Crippen molar-refractivity contribution >= 4 is 5.91 Å². The highest BCUT2D eigenvalue weighted by Gasteiger charge is 2.44. The van der Waals surface area contributed by atoms with Crippen molar-refractivity contribution in [1.82, 2.24) is 10.2 Å². The smallest absolute Gasteiger partial charge is 0.237 e. The van der Waals surface area contributed by atoms with Gasteiger partial charge in [0.15, 0.2) is 0 Å². The van der Waals surface area contributed by atoms with Gasteiger partial charge in [0.1, 0.15) is 0 Å². The van der Waals surface area contributed by atoms with E-state index in [1.807, 2.05) is 0 Å². The molecule has 4 unspecified atom stereocenters. The monoisotopic (exact) mass is 262 g/mol. The van der Waals surface area contributed by atoms with Crippen LogP contribution in [-0.2, 0) is 4.79 Å². The van der Waals surface area contributed by atoms with Crippen LogP contribution in [0.1, 0.15) is 51.4 Å². The molecule has 19 heavy (non-hydrogen) atoms. The molecule has 0 radical (unpaired) electrons. The van der Waals surface area contributed by atoms with E-state index in [1.165, 1.54) is 51.4 Å². The van der Waals surface area contributed by atoms with Crippen molar-refractivity contribution in [2.75, 3.05) is 13.1 Å². The van der Waals surface area contributed by atoms with Crippen molar-refractivity contribution in [1.29, 1.82) is 0 Å². The van der Waals surface area contributed by atoms with E-state index in [4.69, 9.17) is 0 Å². The first kappa shape index (κ1) is 12.2. The molecule has 1 N–H and O–H groups in total. The van der Waals surface area contributed by atoms with E-state index >= 15 is 0 Å². The fraction of sp³-hybridized carbons (Fsp3) is 0.938. The van der Waals surface area contributed by atoms with Gasteiger partial charge in [0.05, 0.1) is 12.7 Å². The first-order valence-corrected chi connectivity index (χ1v) is 8.34. The van der Waals surface area contributed by atoms with Crippen LogP contribution in [0.3, 0.4) is 0 Å². The molecule has 3 aliphatic carbocycles. The molecule has 3 saturated carbocycles. The van der Waals surface area contributed by atoms with Crippen LogP contribution >= 0.6 is 0 Å². The highest BCUT2D eigenvalue weighted by atomic mass is 16.2. The maximum atomic E-state index is 12.2. The number of amides is 1. The molecule has 2 bridgehead atoms. The Hall–Kier alpha value is -0.570. The van der Waals surface area contributed by atoms with Crippen molar-refractivity contribution in [3.05, 3.63) is 0 Å². The Bertz CT molecular complexity index is 364. The molecule has 4 rings (SSSR count). The minimum atomic E-state index is 0.361. The predicted molar refractivity (Wildman–Crippen MR) is 74.4 cm³/mol. The second-order valence-corrected chi connectivity index (χ2v) is 7.35. The molecule has 3 nitrogen and oxygen atoms in total. The predicted octanol–water partition coefficient (Wildman–Crippen LogP) is 2.37. The van der Waals surface area contributed by atoms with Gasteiger partial charge in [-0.25, -0.2) is 0 Å². The number of hydrogen-bond donors (Lipinski definition) is 1. The lowest BCUT2D eigenvalue weighted by atomic mass is 9.88. The molecular weight excluding hydrogens is 236 g/mol. The quantitative estimate of drug-likeness (QED) is 0.847. The van der Waals surface area contributed by atoms with Crippen LogP contribution in [0.2, 0.25) is 0 Å². The summed E-state index contributed by atoms with van der Waals surface area (Å²) in [5, 5.41) is 3.49. The first-order chi connectivity index (χ1) is 9.31. The van der Waals surface area contributed by atoms with Crippen molar-refractivity contribution in [3.8, 4) is 0 Å². The summed E-state index contributed by atoms with van der Waals surface area (Å²) in [4.78, 5) is 14.4. The van der Waals surface area contributed by atoms with Gasteiger partial charge in [-0.3, -0.25) is 10.1 Å². The van der Waals surface area contributed by atoms with Gasteiger partial charge in [-0.05, 0) is 55.8 Å². The maximum absolute atomic E-state index is 12.2. The SMILES string of the molecule is O=C1CNC(C2CCCC2)N1CC1CC2CCC1C2. The summed E-state index contributed by atoms with van der Waals surface area (Å²) in [7, 11) is 0. The molecule has 106 valence electrons. The topological polar surface area (TPSA) is 32.3 Å². The minimum Gasteiger partial charge on any atom is -0.325 e. The van der Waals surface area contributed by atoms with Crippen LogP contribution in [0, 0.1) is 23.7 Å². The average molecular weight is 262 g/mol. The Balaban J connectivity index is 1.44. The third kappa shape index (κ3) is 2.10. The lowest BCUT2D eigenvalue weighted by Gasteiger charge is -2.33. The Morgan fingerprint density at radius 3 is 2.58 bits per heavy atom. The summed E-state index contributed by atoms with van der Waals surface area (Å²) in [6.45, 7) is 1.64. The second kappa shape index (κ2) is 4.76. The molecule has 0 aromatic heterocycles. The first-order valence-electron chi connectivity index (χ1n) is 8.34. The van der Waals surface area contributed by atoms with Gasteiger partial charge in [-0.15, -0.1) is 0 Å². The zero-order chi connectivity index (χ0) is 12.8. The number of rotatable bonds is 3. The van der Waals surface area contributed by atoms with E-state index in [9.17, 15) is 4.79 Å². The largest absolute Gasteiger partial charge is 0.325 e. The summed E-state index contributed by atoms with van der Waals surface area (Å²) in [5.41, 5.74) is 0. The highest BCUT2D eigenvalue weighted by molar-refractivity contribution is 5.80. The number of carbonyl (C=O) groups excluding carboxylic acids is 1. The molecule has 4 atom stereocenters. The lowest BCUT2D eigenvalue weighted by Crippen LogP contribution is -2.45. The average Bonchev–Trinajstić information content (AvgIpc) is 3.14. The third-order valence-electron chi connectivity index (χ3n) is 6.28. The highest BCUT2D eigenvalue weighted by Crippen LogP contribution is 2.48. The zero-order valence-corrected chi connectivity index (χ0v) is 11.8. The zero-order valence-electron chi connectivity index (χ0n) is 11.8. The van der Waals surface area contributed by atoms with E-state index in [0.29, 0.717) is 18.6 Å². The fourth-order valence-corrected chi connectivity index (χ4v) is 5.32. The Morgan fingerprint density at radius 2 is 1.89 bits per heavy atom. The second-order valence-electron chi connectivity index (χ2n) is 7.35. The molecule has 0 spiro atoms. The van der Waals surface area contributed by atoms with Crippen LogP contribution in [0.15, 0.2) is 0 Å². The molecule has 1 aliphatic heterocycles. The molecule has 1 saturated heterocycles. The number of nitrogens with zero attached hydrogens (tertiary/aromatic N) is 1. The van der Waals surface area contributed by atoms with Gasteiger partial charge in [0.2, 0.25) is 5.91 Å². The van der Waals surface area contributed by atoms with Gasteiger partial charge in [0.25, 0.3) is 0 Å². The van der Waals surface area contributed by atoms with E-state index < -0.39 is 0 Å². The van der Waals surface area contributed by atoms with Crippen LogP contribution in [0.5, 0.6) is 0 Å². The van der Waals surface area contributed by atoms with Gasteiger partial charge < -0.3 is 4.90 Å². The summed E-state index contributed by atoms with van der Waals surface area (Å²) in [6.07, 6.45) is 11.5. The van der Waals surface area contributed by atoms with Crippen molar-refractivity contribution in [2.45, 2.75) is 57.5 Å². The van der Waals surface area contributed by atoms with E-state index in [1.54, 1.807) is 0 Å². The molecule has 3 heteroatoms. The molecule has 1 amide bonds. The minimum absolute atomic E-state index is 0.361. The summed E-state index contributed by atoms with van der Waals surface area (Å²) < 4.78 is 0. The van der Waals surface area contributed by atoms with Gasteiger partial charge >= 0.3 is 0 Å². The van der Waals surface area contributed by atoms with Gasteiger partial charge in [-0.2, -0.15) is 0 Å². The van der Waals surface area contributed by atoms with Crippen LogP contribution < -0.4 is 5.32 Å². The molecule has 4 aliphatic rings. The fourth-order valence-electron chi connectivity index (χ4n) is 5.32. The van der Waals surface area contributed by atoms with Crippen molar-refractivity contribution < 1.29 is 4.79 Å². The van der Waals surface area contributed by atoms with Crippen molar-refractivity contribution in [2.24, 2.45) is 23.7 Å². The van der Waals surface area contributed by atoms with E-state index in [2.05, 4.69) is 10.2 Å². The third-order valence-corrected chi connectivity index (χ3v) is 6.28.